The van der Waals surface area contributed by atoms with E-state index in [2.05, 4.69) is 34.9 Å². The molecule has 4 fully saturated rings. The molecule has 2 aromatic rings. The van der Waals surface area contributed by atoms with Crippen LogP contribution in [0.1, 0.15) is 75.8 Å². The average molecular weight is 520 g/mol. The molecular weight excluding hydrogens is 478 g/mol. The second kappa shape index (κ2) is 10.5. The lowest BCUT2D eigenvalue weighted by Gasteiger charge is -2.50. The zero-order valence-electron chi connectivity index (χ0n) is 22.3. The topological polar surface area (TPSA) is 97.8 Å². The number of pyridine rings is 1. The van der Waals surface area contributed by atoms with Crippen molar-refractivity contribution in [1.82, 2.24) is 25.4 Å². The Morgan fingerprint density at radius 1 is 0.895 bits per heavy atom. The Kier molecular flexibility index (Phi) is 7.14. The molecule has 2 unspecified atom stereocenters. The predicted molar refractivity (Wildman–Crippen MR) is 146 cm³/mol. The molecule has 38 heavy (non-hydrogen) atoms. The largest absolute Gasteiger partial charge is 0.380 e. The summed E-state index contributed by atoms with van der Waals surface area (Å²) < 4.78 is 0. The quantitative estimate of drug-likeness (QED) is 0.577. The number of para-hydroxylation sites is 1. The van der Waals surface area contributed by atoms with Crippen LogP contribution in [0.3, 0.4) is 0 Å². The maximum atomic E-state index is 13.8. The first kappa shape index (κ1) is 25.7. The molecule has 3 heterocycles. The van der Waals surface area contributed by atoms with Gasteiger partial charge in [-0.15, -0.1) is 0 Å². The minimum Gasteiger partial charge on any atom is -0.380 e. The van der Waals surface area contributed by atoms with Gasteiger partial charge in [0.2, 0.25) is 5.91 Å². The third-order valence-electron chi connectivity index (χ3n) is 9.28. The van der Waals surface area contributed by atoms with Crippen molar-refractivity contribution >= 4 is 22.7 Å². The number of hydrogen-bond acceptors (Lipinski definition) is 6. The molecule has 0 bridgehead atoms. The number of rotatable bonds is 3. The number of nitrogens with zero attached hydrogens (tertiary/aromatic N) is 3. The number of nitrogens with one attached hydrogen (secondary N) is 2. The highest BCUT2D eigenvalue weighted by atomic mass is 16.3. The lowest BCUT2D eigenvalue weighted by molar-refractivity contribution is -0.148. The van der Waals surface area contributed by atoms with E-state index in [1.807, 2.05) is 17.2 Å². The van der Waals surface area contributed by atoms with Crippen molar-refractivity contribution in [2.75, 3.05) is 32.7 Å². The lowest BCUT2D eigenvalue weighted by atomic mass is 9.75. The van der Waals surface area contributed by atoms with Crippen molar-refractivity contribution in [3.05, 3.63) is 42.1 Å². The molecule has 2 saturated carbocycles. The number of fused-ring (bicyclic) bond motifs is 1. The Balaban J connectivity index is 1.20. The zero-order valence-corrected chi connectivity index (χ0v) is 22.3. The van der Waals surface area contributed by atoms with Crippen LogP contribution in [0.4, 0.5) is 0 Å². The van der Waals surface area contributed by atoms with Gasteiger partial charge in [-0.3, -0.25) is 19.9 Å². The summed E-state index contributed by atoms with van der Waals surface area (Å²) in [6.45, 7) is 2.58. The summed E-state index contributed by atoms with van der Waals surface area (Å²) in [7, 11) is 0. The van der Waals surface area contributed by atoms with Gasteiger partial charge in [0.05, 0.1) is 17.6 Å². The standard InChI is InChI=1S/C30H41N5O3/c36-27(34-15-17-35(18-16-34)28(37)30(38)13-14-30)25-21-32-26(23-19-22-9-5-6-10-24(22)31-20-23)29(33-25)11-7-3-1-2-4-8-12-29/h5-6,9-10,19-20,25-26,32-33,38H,1-4,7-8,11-18,21H2. The van der Waals surface area contributed by atoms with Gasteiger partial charge in [-0.25, -0.2) is 0 Å². The molecule has 2 aliphatic heterocycles. The third-order valence-corrected chi connectivity index (χ3v) is 9.28. The SMILES string of the molecule is O=C(C1CNC(c2cnc3ccccc3c2)C2(CCCCCCCC2)N1)N1CCN(C(=O)C2(O)CC2)CC1. The number of aliphatic hydroxyl groups is 1. The van der Waals surface area contributed by atoms with E-state index in [1.165, 1.54) is 31.2 Å². The molecule has 1 spiro atoms. The Bertz CT molecular complexity index is 1160. The first-order valence-corrected chi connectivity index (χ1v) is 14.6. The zero-order chi connectivity index (χ0) is 26.2. The maximum absolute atomic E-state index is 13.8. The fourth-order valence-corrected chi connectivity index (χ4v) is 6.87. The van der Waals surface area contributed by atoms with E-state index in [0.717, 1.165) is 36.6 Å². The second-order valence-electron chi connectivity index (χ2n) is 11.9. The molecule has 2 amide bonds. The van der Waals surface area contributed by atoms with Crippen molar-refractivity contribution in [3.63, 3.8) is 0 Å². The summed E-state index contributed by atoms with van der Waals surface area (Å²) in [5.41, 5.74) is 0.839. The van der Waals surface area contributed by atoms with Gasteiger partial charge in [0.15, 0.2) is 0 Å². The fraction of sp³-hybridized carbons (Fsp3) is 0.633. The minimum absolute atomic E-state index is 0.0931. The van der Waals surface area contributed by atoms with E-state index in [4.69, 9.17) is 4.98 Å². The van der Waals surface area contributed by atoms with Gasteiger partial charge in [-0.05, 0) is 43.4 Å². The van der Waals surface area contributed by atoms with E-state index in [1.54, 1.807) is 4.90 Å². The molecule has 0 radical (unpaired) electrons. The van der Waals surface area contributed by atoms with Gasteiger partial charge < -0.3 is 20.2 Å². The van der Waals surface area contributed by atoms with E-state index in [9.17, 15) is 14.7 Å². The third kappa shape index (κ3) is 5.06. The highest BCUT2D eigenvalue weighted by Gasteiger charge is 2.51. The molecule has 8 heteroatoms. The van der Waals surface area contributed by atoms with Gasteiger partial charge in [0.25, 0.3) is 5.91 Å². The van der Waals surface area contributed by atoms with E-state index < -0.39 is 5.60 Å². The summed E-state index contributed by atoms with van der Waals surface area (Å²) in [5.74, 6) is -0.0532. The van der Waals surface area contributed by atoms with Crippen LogP contribution in [0.5, 0.6) is 0 Å². The molecule has 2 aliphatic carbocycles. The molecule has 2 saturated heterocycles. The molecule has 2 atom stereocenters. The molecule has 1 aromatic heterocycles. The average Bonchev–Trinajstić information content (AvgIpc) is 3.69. The van der Waals surface area contributed by atoms with Crippen molar-refractivity contribution in [2.45, 2.75) is 87.4 Å². The Hall–Kier alpha value is -2.55. The number of carbonyl (C=O) groups is 2. The van der Waals surface area contributed by atoms with Crippen LogP contribution < -0.4 is 10.6 Å². The van der Waals surface area contributed by atoms with Gasteiger partial charge in [-0.2, -0.15) is 0 Å². The van der Waals surface area contributed by atoms with Crippen LogP contribution in [-0.4, -0.2) is 81.6 Å². The van der Waals surface area contributed by atoms with Crippen molar-refractivity contribution in [2.24, 2.45) is 0 Å². The number of aromatic nitrogens is 1. The summed E-state index contributed by atoms with van der Waals surface area (Å²) >= 11 is 0. The van der Waals surface area contributed by atoms with Crippen LogP contribution in [0.2, 0.25) is 0 Å². The fourth-order valence-electron chi connectivity index (χ4n) is 6.87. The van der Waals surface area contributed by atoms with E-state index >= 15 is 0 Å². The predicted octanol–water partition coefficient (Wildman–Crippen LogP) is 2.91. The number of piperazine rings is 2. The summed E-state index contributed by atoms with van der Waals surface area (Å²) in [6.07, 6.45) is 12.5. The van der Waals surface area contributed by atoms with Gasteiger partial charge >= 0.3 is 0 Å². The van der Waals surface area contributed by atoms with E-state index in [0.29, 0.717) is 45.6 Å². The van der Waals surface area contributed by atoms with Gasteiger partial charge in [-0.1, -0.05) is 56.7 Å². The minimum atomic E-state index is -1.14. The molecule has 4 aliphatic rings. The van der Waals surface area contributed by atoms with Crippen LogP contribution in [-0.2, 0) is 9.59 Å². The molecule has 8 nitrogen and oxygen atoms in total. The molecular formula is C30H41N5O3. The monoisotopic (exact) mass is 519 g/mol. The van der Waals surface area contributed by atoms with Gasteiger partial charge in [0, 0.05) is 49.8 Å². The highest BCUT2D eigenvalue weighted by molar-refractivity contribution is 5.88. The normalized spacial score (nSPS) is 27.4. The van der Waals surface area contributed by atoms with E-state index in [-0.39, 0.29) is 29.4 Å². The number of benzene rings is 1. The molecule has 3 N–H and O–H groups in total. The van der Waals surface area contributed by atoms with Crippen molar-refractivity contribution < 1.29 is 14.7 Å². The molecule has 1 aromatic carbocycles. The van der Waals surface area contributed by atoms with Gasteiger partial charge in [0.1, 0.15) is 5.60 Å². The Morgan fingerprint density at radius 3 is 2.26 bits per heavy atom. The number of hydrogen-bond donors (Lipinski definition) is 3. The summed E-state index contributed by atoms with van der Waals surface area (Å²) in [5, 5.41) is 19.1. The maximum Gasteiger partial charge on any atom is 0.254 e. The van der Waals surface area contributed by atoms with Crippen LogP contribution >= 0.6 is 0 Å². The number of carbonyl (C=O) groups excluding carboxylic acids is 2. The van der Waals surface area contributed by atoms with Crippen LogP contribution in [0, 0.1) is 0 Å². The first-order valence-electron chi connectivity index (χ1n) is 14.6. The second-order valence-corrected chi connectivity index (χ2v) is 11.9. The smallest absolute Gasteiger partial charge is 0.254 e. The lowest BCUT2D eigenvalue weighted by Crippen LogP contribution is -2.69. The Morgan fingerprint density at radius 2 is 1.55 bits per heavy atom. The highest BCUT2D eigenvalue weighted by Crippen LogP contribution is 2.40. The number of amides is 2. The van der Waals surface area contributed by atoms with Crippen molar-refractivity contribution in [1.29, 1.82) is 0 Å². The Labute approximate surface area is 225 Å². The summed E-state index contributed by atoms with van der Waals surface area (Å²) in [6, 6.07) is 10.3. The molecule has 6 rings (SSSR count). The first-order chi connectivity index (χ1) is 18.5. The van der Waals surface area contributed by atoms with Crippen LogP contribution in [0.15, 0.2) is 36.5 Å². The molecule has 204 valence electrons. The van der Waals surface area contributed by atoms with Crippen LogP contribution in [0.25, 0.3) is 10.9 Å². The van der Waals surface area contributed by atoms with Crippen molar-refractivity contribution in [3.8, 4) is 0 Å². The summed E-state index contributed by atoms with van der Waals surface area (Å²) in [4.78, 5) is 34.7.